The number of benzene rings is 2. The molecule has 0 N–H and O–H groups in total. The maximum atomic E-state index is 13.2. The second-order valence-electron chi connectivity index (χ2n) is 6.73. The Morgan fingerprint density at radius 2 is 1.88 bits per heavy atom. The predicted octanol–water partition coefficient (Wildman–Crippen LogP) is 4.91. The minimum absolute atomic E-state index is 0.0343. The van der Waals surface area contributed by atoms with Crippen molar-refractivity contribution >= 4 is 5.91 Å². The minimum Gasteiger partial charge on any atom is -0.328 e. The second kappa shape index (κ2) is 6.37. The van der Waals surface area contributed by atoms with Crippen LogP contribution in [0.25, 0.3) is 11.1 Å². The average Bonchev–Trinajstić information content (AvgIpc) is 2.99. The number of aromatic nitrogens is 1. The lowest BCUT2D eigenvalue weighted by Crippen LogP contribution is -2.27. The normalized spacial score (nSPS) is 14.4. The number of hydrogen-bond donors (Lipinski definition) is 0. The van der Waals surface area contributed by atoms with E-state index >= 15 is 0 Å². The van der Waals surface area contributed by atoms with Gasteiger partial charge in [0.2, 0.25) is 0 Å². The molecule has 3 aromatic rings. The molecule has 0 aliphatic carbocycles. The maximum Gasteiger partial charge on any atom is 0.255 e. The molecule has 0 radical (unpaired) electrons. The first-order valence-corrected chi connectivity index (χ1v) is 8.65. The number of amides is 1. The average molecular weight is 346 g/mol. The van der Waals surface area contributed by atoms with Crippen molar-refractivity contribution in [1.82, 2.24) is 9.88 Å². The number of fused-ring (bicyclic) bond motifs is 1. The summed E-state index contributed by atoms with van der Waals surface area (Å²) in [5.74, 6) is -0.235. The molecule has 1 aliphatic heterocycles. The Morgan fingerprint density at radius 3 is 2.58 bits per heavy atom. The van der Waals surface area contributed by atoms with Gasteiger partial charge in [0.1, 0.15) is 5.82 Å². The smallest absolute Gasteiger partial charge is 0.255 e. The fourth-order valence-corrected chi connectivity index (χ4v) is 3.62. The van der Waals surface area contributed by atoms with Crippen molar-refractivity contribution in [2.24, 2.45) is 0 Å². The van der Waals surface area contributed by atoms with Gasteiger partial charge in [-0.2, -0.15) is 0 Å². The van der Waals surface area contributed by atoms with Crippen LogP contribution in [0.15, 0.2) is 60.9 Å². The van der Waals surface area contributed by atoms with Crippen molar-refractivity contribution in [3.8, 4) is 11.1 Å². The zero-order valence-corrected chi connectivity index (χ0v) is 14.7. The van der Waals surface area contributed by atoms with E-state index in [4.69, 9.17) is 0 Å². The highest BCUT2D eigenvalue weighted by atomic mass is 19.1. The van der Waals surface area contributed by atoms with E-state index in [0.29, 0.717) is 6.54 Å². The summed E-state index contributed by atoms with van der Waals surface area (Å²) < 4.78 is 13.2. The molecule has 1 aromatic heterocycles. The van der Waals surface area contributed by atoms with Gasteiger partial charge < -0.3 is 4.90 Å². The van der Waals surface area contributed by atoms with Crippen LogP contribution in [0, 0.1) is 12.7 Å². The van der Waals surface area contributed by atoms with Gasteiger partial charge in [0.05, 0.1) is 6.04 Å². The number of aryl methyl sites for hydroxylation is 1. The number of hydrogen-bond acceptors (Lipinski definition) is 2. The van der Waals surface area contributed by atoms with E-state index in [1.807, 2.05) is 43.1 Å². The van der Waals surface area contributed by atoms with Gasteiger partial charge in [-0.3, -0.25) is 9.78 Å². The summed E-state index contributed by atoms with van der Waals surface area (Å²) in [5, 5.41) is 0. The Kier molecular flexibility index (Phi) is 4.03. The number of halogens is 1. The van der Waals surface area contributed by atoms with Crippen LogP contribution in [-0.2, 0) is 6.54 Å². The van der Waals surface area contributed by atoms with Gasteiger partial charge in [0.15, 0.2) is 0 Å². The minimum atomic E-state index is -0.269. The third-order valence-corrected chi connectivity index (χ3v) is 5.05. The summed E-state index contributed by atoms with van der Waals surface area (Å²) in [5.41, 5.74) is 5.82. The molecule has 26 heavy (non-hydrogen) atoms. The van der Waals surface area contributed by atoms with E-state index in [0.717, 1.165) is 33.4 Å². The van der Waals surface area contributed by atoms with Gasteiger partial charge >= 0.3 is 0 Å². The molecule has 4 rings (SSSR count). The summed E-state index contributed by atoms with van der Waals surface area (Å²) in [4.78, 5) is 19.0. The fraction of sp³-hybridized carbons (Fsp3) is 0.182. The lowest BCUT2D eigenvalue weighted by Gasteiger charge is -2.24. The highest BCUT2D eigenvalue weighted by molar-refractivity contribution is 6.00. The van der Waals surface area contributed by atoms with Gasteiger partial charge in [-0.1, -0.05) is 24.3 Å². The lowest BCUT2D eigenvalue weighted by molar-refractivity contribution is 0.0715. The summed E-state index contributed by atoms with van der Waals surface area (Å²) in [7, 11) is 0. The molecule has 0 bridgehead atoms. The molecule has 2 heterocycles. The molecule has 0 saturated carbocycles. The van der Waals surface area contributed by atoms with Gasteiger partial charge in [-0.15, -0.1) is 0 Å². The number of carbonyl (C=O) groups excluding carboxylic acids is 1. The maximum absolute atomic E-state index is 13.2. The van der Waals surface area contributed by atoms with Gasteiger partial charge in [-0.25, -0.2) is 4.39 Å². The molecular formula is C22H19FN2O. The van der Waals surface area contributed by atoms with Gasteiger partial charge in [0.25, 0.3) is 5.91 Å². The van der Waals surface area contributed by atoms with Crippen LogP contribution in [-0.4, -0.2) is 15.8 Å². The molecule has 4 heteroatoms. The van der Waals surface area contributed by atoms with Gasteiger partial charge in [0, 0.05) is 30.1 Å². The first-order chi connectivity index (χ1) is 12.5. The van der Waals surface area contributed by atoms with Crippen LogP contribution in [0.5, 0.6) is 0 Å². The van der Waals surface area contributed by atoms with Crippen molar-refractivity contribution in [3.63, 3.8) is 0 Å². The molecule has 0 saturated heterocycles. The van der Waals surface area contributed by atoms with Crippen LogP contribution in [0.3, 0.4) is 0 Å². The number of nitrogens with zero attached hydrogens (tertiary/aromatic N) is 2. The second-order valence-corrected chi connectivity index (χ2v) is 6.73. The van der Waals surface area contributed by atoms with Crippen molar-refractivity contribution in [2.45, 2.75) is 26.4 Å². The standard InChI is InChI=1S/C22H19FN2O/c1-14-10-18(17-4-3-9-24-12-17)11-19-13-25(22(26)21(14)19)15(2)16-5-7-20(23)8-6-16/h3-12,15H,13H2,1-2H3. The van der Waals surface area contributed by atoms with Crippen molar-refractivity contribution in [2.75, 3.05) is 0 Å². The van der Waals surface area contributed by atoms with Gasteiger partial charge in [-0.05, 0) is 60.4 Å². The summed E-state index contributed by atoms with van der Waals surface area (Å²) >= 11 is 0. The molecule has 1 atom stereocenters. The third-order valence-electron chi connectivity index (χ3n) is 5.05. The van der Waals surface area contributed by atoms with Crippen LogP contribution in [0.2, 0.25) is 0 Å². The first-order valence-electron chi connectivity index (χ1n) is 8.65. The molecule has 1 amide bonds. The predicted molar refractivity (Wildman–Crippen MR) is 99.1 cm³/mol. The van der Waals surface area contributed by atoms with E-state index in [2.05, 4.69) is 11.1 Å². The summed E-state index contributed by atoms with van der Waals surface area (Å²) in [6.07, 6.45) is 3.58. The Balaban J connectivity index is 1.69. The Morgan fingerprint density at radius 1 is 1.12 bits per heavy atom. The van der Waals surface area contributed by atoms with E-state index < -0.39 is 0 Å². The number of carbonyl (C=O) groups is 1. The van der Waals surface area contributed by atoms with Crippen molar-refractivity contribution < 1.29 is 9.18 Å². The molecule has 1 aliphatic rings. The Bertz CT molecular complexity index is 967. The van der Waals surface area contributed by atoms with Crippen LogP contribution < -0.4 is 0 Å². The fourth-order valence-electron chi connectivity index (χ4n) is 3.62. The lowest BCUT2D eigenvalue weighted by atomic mass is 9.97. The number of rotatable bonds is 3. The highest BCUT2D eigenvalue weighted by Crippen LogP contribution is 2.35. The van der Waals surface area contributed by atoms with E-state index in [9.17, 15) is 9.18 Å². The first kappa shape index (κ1) is 16.5. The van der Waals surface area contributed by atoms with Crippen LogP contribution in [0.4, 0.5) is 4.39 Å². The van der Waals surface area contributed by atoms with Crippen LogP contribution in [0.1, 0.15) is 40.0 Å². The molecular weight excluding hydrogens is 327 g/mol. The monoisotopic (exact) mass is 346 g/mol. The Hall–Kier alpha value is -3.01. The largest absolute Gasteiger partial charge is 0.328 e. The zero-order valence-electron chi connectivity index (χ0n) is 14.7. The zero-order chi connectivity index (χ0) is 18.3. The van der Waals surface area contributed by atoms with E-state index in [1.165, 1.54) is 12.1 Å². The molecule has 0 spiro atoms. The third kappa shape index (κ3) is 2.77. The summed E-state index contributed by atoms with van der Waals surface area (Å²) in [6.45, 7) is 4.51. The topological polar surface area (TPSA) is 33.2 Å². The summed E-state index contributed by atoms with van der Waals surface area (Å²) in [6, 6.07) is 14.3. The van der Waals surface area contributed by atoms with Crippen LogP contribution >= 0.6 is 0 Å². The SMILES string of the molecule is Cc1cc(-c2cccnc2)cc2c1C(=O)N(C(C)c1ccc(F)cc1)C2. The van der Waals surface area contributed by atoms with E-state index in [1.54, 1.807) is 18.3 Å². The highest BCUT2D eigenvalue weighted by Gasteiger charge is 2.33. The molecule has 3 nitrogen and oxygen atoms in total. The number of pyridine rings is 1. The molecule has 0 fully saturated rings. The van der Waals surface area contributed by atoms with Crippen molar-refractivity contribution in [1.29, 1.82) is 0 Å². The molecule has 2 aromatic carbocycles. The van der Waals surface area contributed by atoms with Crippen molar-refractivity contribution in [3.05, 3.63) is 89.0 Å². The quantitative estimate of drug-likeness (QED) is 0.675. The van der Waals surface area contributed by atoms with E-state index in [-0.39, 0.29) is 17.8 Å². The molecule has 130 valence electrons. The molecule has 1 unspecified atom stereocenters. The Labute approximate surface area is 152 Å².